The molecule has 1 heterocycles. The highest BCUT2D eigenvalue weighted by Gasteiger charge is 2.16. The van der Waals surface area contributed by atoms with E-state index in [0.717, 1.165) is 4.47 Å². The largest absolute Gasteiger partial charge is 0.446 e. The van der Waals surface area contributed by atoms with Crippen LogP contribution in [0.3, 0.4) is 0 Å². The Morgan fingerprint density at radius 3 is 2.43 bits per heavy atom. The van der Waals surface area contributed by atoms with E-state index in [4.69, 9.17) is 27.6 Å². The van der Waals surface area contributed by atoms with Crippen LogP contribution in [0.15, 0.2) is 38.2 Å². The number of sulfonamides is 1. The van der Waals surface area contributed by atoms with Gasteiger partial charge in [-0.2, -0.15) is 0 Å². The van der Waals surface area contributed by atoms with E-state index in [0.29, 0.717) is 21.5 Å². The lowest BCUT2D eigenvalue weighted by molar-refractivity contribution is 0.417. The highest BCUT2D eigenvalue weighted by atomic mass is 79.9. The minimum atomic E-state index is -3.59. The van der Waals surface area contributed by atoms with Crippen molar-refractivity contribution in [3.05, 3.63) is 44.5 Å². The van der Waals surface area contributed by atoms with Crippen LogP contribution in [0.25, 0.3) is 0 Å². The van der Waals surface area contributed by atoms with Crippen LogP contribution in [0.1, 0.15) is 5.76 Å². The third-order valence-corrected chi connectivity index (χ3v) is 4.96. The third kappa shape index (κ3) is 3.92. The second-order valence-electron chi connectivity index (χ2n) is 4.03. The summed E-state index contributed by atoms with van der Waals surface area (Å²) in [7, 11) is -2.27. The van der Waals surface area contributed by atoms with Crippen LogP contribution in [0, 0.1) is 0 Å². The van der Waals surface area contributed by atoms with Crippen LogP contribution in [0.4, 0.5) is 5.69 Å². The Bertz CT molecular complexity index is 739. The van der Waals surface area contributed by atoms with Crippen molar-refractivity contribution in [2.24, 2.45) is 0 Å². The Morgan fingerprint density at radius 2 is 1.86 bits per heavy atom. The molecule has 0 atom stereocenters. The lowest BCUT2D eigenvalue weighted by Gasteiger charge is -2.09. The van der Waals surface area contributed by atoms with Gasteiger partial charge in [0.05, 0.1) is 22.3 Å². The summed E-state index contributed by atoms with van der Waals surface area (Å²) in [6.07, 6.45) is 0. The molecule has 0 saturated carbocycles. The second kappa shape index (κ2) is 6.58. The number of halogens is 3. The molecular weight excluding hydrogens is 403 g/mol. The van der Waals surface area contributed by atoms with Gasteiger partial charge in [-0.1, -0.05) is 39.1 Å². The summed E-state index contributed by atoms with van der Waals surface area (Å²) in [4.78, 5) is 0. The maximum absolute atomic E-state index is 11.6. The zero-order valence-corrected chi connectivity index (χ0v) is 14.7. The van der Waals surface area contributed by atoms with Crippen LogP contribution < -0.4 is 10.0 Å². The molecule has 1 aromatic heterocycles. The molecule has 21 heavy (non-hydrogen) atoms. The van der Waals surface area contributed by atoms with E-state index < -0.39 is 10.0 Å². The SMILES string of the molecule is CNS(=O)(=O)c1ccc(CNc2c(Cl)cc(Br)cc2Cl)o1. The van der Waals surface area contributed by atoms with Crippen molar-refractivity contribution in [1.29, 1.82) is 0 Å². The molecule has 0 spiro atoms. The van der Waals surface area contributed by atoms with Gasteiger partial charge in [-0.25, -0.2) is 13.1 Å². The third-order valence-electron chi connectivity index (χ3n) is 2.62. The lowest BCUT2D eigenvalue weighted by atomic mass is 10.3. The summed E-state index contributed by atoms with van der Waals surface area (Å²) in [5.41, 5.74) is 0.552. The van der Waals surface area contributed by atoms with Crippen molar-refractivity contribution in [3.8, 4) is 0 Å². The molecule has 0 aliphatic carbocycles. The molecule has 2 rings (SSSR count). The lowest BCUT2D eigenvalue weighted by Crippen LogP contribution is -2.17. The van der Waals surface area contributed by atoms with Crippen LogP contribution in [-0.4, -0.2) is 15.5 Å². The van der Waals surface area contributed by atoms with Crippen molar-refractivity contribution in [2.45, 2.75) is 11.6 Å². The summed E-state index contributed by atoms with van der Waals surface area (Å²) in [5, 5.41) is 3.77. The van der Waals surface area contributed by atoms with E-state index in [9.17, 15) is 8.42 Å². The van der Waals surface area contributed by atoms with Crippen LogP contribution >= 0.6 is 39.1 Å². The number of nitrogens with one attached hydrogen (secondary N) is 2. The monoisotopic (exact) mass is 412 g/mol. The van der Waals surface area contributed by atoms with Crippen molar-refractivity contribution < 1.29 is 12.8 Å². The molecule has 114 valence electrons. The predicted octanol–water partition coefficient (Wildman–Crippen LogP) is 3.87. The first-order valence-electron chi connectivity index (χ1n) is 5.74. The minimum absolute atomic E-state index is 0.144. The van der Waals surface area contributed by atoms with Gasteiger partial charge in [0, 0.05) is 4.47 Å². The van der Waals surface area contributed by atoms with Gasteiger partial charge in [-0.15, -0.1) is 0 Å². The van der Waals surface area contributed by atoms with Crippen LogP contribution in [0.2, 0.25) is 10.0 Å². The molecule has 0 saturated heterocycles. The van der Waals surface area contributed by atoms with Gasteiger partial charge in [0.2, 0.25) is 5.09 Å². The quantitative estimate of drug-likeness (QED) is 0.780. The van der Waals surface area contributed by atoms with Crippen molar-refractivity contribution in [1.82, 2.24) is 4.72 Å². The molecule has 1 aromatic carbocycles. The Morgan fingerprint density at radius 1 is 1.24 bits per heavy atom. The van der Waals surface area contributed by atoms with Crippen molar-refractivity contribution in [2.75, 3.05) is 12.4 Å². The normalized spacial score (nSPS) is 11.6. The van der Waals surface area contributed by atoms with E-state index in [1.165, 1.54) is 13.1 Å². The highest BCUT2D eigenvalue weighted by molar-refractivity contribution is 9.10. The maximum atomic E-state index is 11.6. The van der Waals surface area contributed by atoms with E-state index in [-0.39, 0.29) is 11.6 Å². The topological polar surface area (TPSA) is 71.3 Å². The predicted molar refractivity (Wildman–Crippen MR) is 86.4 cm³/mol. The van der Waals surface area contributed by atoms with Crippen LogP contribution in [0.5, 0.6) is 0 Å². The average molecular weight is 414 g/mol. The van der Waals surface area contributed by atoms with E-state index >= 15 is 0 Å². The van der Waals surface area contributed by atoms with Gasteiger partial charge in [0.15, 0.2) is 0 Å². The molecule has 0 aliphatic heterocycles. The number of furan rings is 1. The Hall–Kier alpha value is -0.730. The maximum Gasteiger partial charge on any atom is 0.273 e. The first-order chi connectivity index (χ1) is 9.83. The summed E-state index contributed by atoms with van der Waals surface area (Å²) >= 11 is 15.5. The van der Waals surface area contributed by atoms with Gasteiger partial charge in [0.1, 0.15) is 5.76 Å². The number of hydrogen-bond acceptors (Lipinski definition) is 4. The van der Waals surface area contributed by atoms with Gasteiger partial charge in [-0.05, 0) is 31.3 Å². The number of anilines is 1. The van der Waals surface area contributed by atoms with Gasteiger partial charge >= 0.3 is 0 Å². The fraction of sp³-hybridized carbons (Fsp3) is 0.167. The average Bonchev–Trinajstić information content (AvgIpc) is 2.87. The van der Waals surface area contributed by atoms with E-state index in [1.807, 2.05) is 0 Å². The molecule has 9 heteroatoms. The van der Waals surface area contributed by atoms with E-state index in [2.05, 4.69) is 26.0 Å². The smallest absolute Gasteiger partial charge is 0.273 e. The van der Waals surface area contributed by atoms with Gasteiger partial charge in [0.25, 0.3) is 10.0 Å². The second-order valence-corrected chi connectivity index (χ2v) is 7.57. The zero-order chi connectivity index (χ0) is 15.6. The standard InChI is InChI=1S/C12H11BrCl2N2O3S/c1-16-21(18,19)11-3-2-8(20-11)6-17-12-9(14)4-7(13)5-10(12)15/h2-5,16-17H,6H2,1H3. The Labute approximate surface area is 140 Å². The Kier molecular flexibility index (Phi) is 5.21. The van der Waals surface area contributed by atoms with Gasteiger partial charge < -0.3 is 9.73 Å². The minimum Gasteiger partial charge on any atom is -0.446 e. The van der Waals surface area contributed by atoms with Crippen LogP contribution in [-0.2, 0) is 16.6 Å². The molecule has 5 nitrogen and oxygen atoms in total. The Balaban J connectivity index is 2.15. The zero-order valence-electron chi connectivity index (χ0n) is 10.8. The number of hydrogen-bond donors (Lipinski definition) is 2. The molecular formula is C12H11BrCl2N2O3S. The molecule has 0 aliphatic rings. The fourth-order valence-corrected chi connectivity index (χ4v) is 3.59. The molecule has 2 aromatic rings. The summed E-state index contributed by atoms with van der Waals surface area (Å²) in [5.74, 6) is 0.443. The molecule has 0 unspecified atom stereocenters. The molecule has 0 amide bonds. The summed E-state index contributed by atoms with van der Waals surface area (Å²) < 4.78 is 31.3. The first-order valence-corrected chi connectivity index (χ1v) is 8.77. The molecule has 0 bridgehead atoms. The van der Waals surface area contributed by atoms with Crippen molar-refractivity contribution >= 4 is 54.8 Å². The number of benzene rings is 1. The fourth-order valence-electron chi connectivity index (χ4n) is 1.58. The molecule has 0 radical (unpaired) electrons. The summed E-state index contributed by atoms with van der Waals surface area (Å²) in [6, 6.07) is 6.36. The molecule has 2 N–H and O–H groups in total. The van der Waals surface area contributed by atoms with Crippen molar-refractivity contribution in [3.63, 3.8) is 0 Å². The first kappa shape index (κ1) is 16.6. The highest BCUT2D eigenvalue weighted by Crippen LogP contribution is 2.34. The molecule has 0 fully saturated rings. The van der Waals surface area contributed by atoms with E-state index in [1.54, 1.807) is 18.2 Å². The van der Waals surface area contributed by atoms with Gasteiger partial charge in [-0.3, -0.25) is 0 Å². The number of rotatable bonds is 5. The summed E-state index contributed by atoms with van der Waals surface area (Å²) in [6.45, 7) is 0.250.